The molecule has 1 aliphatic heterocycles. The Hall–Kier alpha value is -0.580. The van der Waals surface area contributed by atoms with Crippen LogP contribution < -0.4 is 5.32 Å². The van der Waals surface area contributed by atoms with Crippen molar-refractivity contribution < 1.29 is 4.74 Å². The third-order valence-electron chi connectivity index (χ3n) is 3.48. The van der Waals surface area contributed by atoms with Gasteiger partial charge in [-0.2, -0.15) is 0 Å². The number of ether oxygens (including phenoxy) is 1. The molecular formula is C15H15Cl2NOS. The van der Waals surface area contributed by atoms with Crippen molar-refractivity contribution in [3.05, 3.63) is 55.2 Å². The number of thiophene rings is 1. The summed E-state index contributed by atoms with van der Waals surface area (Å²) in [6.45, 7) is 4.36. The monoisotopic (exact) mass is 327 g/mol. The molecule has 1 aromatic heterocycles. The van der Waals surface area contributed by atoms with Gasteiger partial charge in [-0.3, -0.25) is 0 Å². The van der Waals surface area contributed by atoms with Crippen molar-refractivity contribution in [3.8, 4) is 0 Å². The van der Waals surface area contributed by atoms with Crippen molar-refractivity contribution in [3.63, 3.8) is 0 Å². The minimum absolute atomic E-state index is 0.0714. The summed E-state index contributed by atoms with van der Waals surface area (Å²) >= 11 is 13.8. The highest BCUT2D eigenvalue weighted by Gasteiger charge is 2.21. The van der Waals surface area contributed by atoms with Crippen molar-refractivity contribution in [1.29, 1.82) is 0 Å². The highest BCUT2D eigenvalue weighted by atomic mass is 35.5. The van der Waals surface area contributed by atoms with Gasteiger partial charge in [-0.1, -0.05) is 48.3 Å². The maximum Gasteiger partial charge on any atom is 0.0995 e. The van der Waals surface area contributed by atoms with Crippen LogP contribution in [0.25, 0.3) is 0 Å². The van der Waals surface area contributed by atoms with Crippen LogP contribution >= 0.6 is 34.5 Å². The van der Waals surface area contributed by atoms with E-state index in [4.69, 9.17) is 27.9 Å². The standard InChI is InChI=1S/C15H15Cl2NOS/c1-2-18-14(12-6-13(16)20-15(12)17)9-3-4-10-7-19-8-11(10)5-9/h3-6,14,18H,2,7-8H2,1H3. The summed E-state index contributed by atoms with van der Waals surface area (Å²) in [7, 11) is 0. The van der Waals surface area contributed by atoms with E-state index in [1.807, 2.05) is 6.07 Å². The Morgan fingerprint density at radius 2 is 2.05 bits per heavy atom. The Labute approximate surface area is 132 Å². The van der Waals surface area contributed by atoms with Gasteiger partial charge in [0.1, 0.15) is 0 Å². The van der Waals surface area contributed by atoms with Crippen LogP contribution in [-0.4, -0.2) is 6.54 Å². The largest absolute Gasteiger partial charge is 0.372 e. The van der Waals surface area contributed by atoms with Gasteiger partial charge in [-0.25, -0.2) is 0 Å². The molecule has 0 spiro atoms. The van der Waals surface area contributed by atoms with Gasteiger partial charge in [-0.05, 0) is 29.3 Å². The minimum Gasteiger partial charge on any atom is -0.372 e. The molecule has 0 radical (unpaired) electrons. The topological polar surface area (TPSA) is 21.3 Å². The summed E-state index contributed by atoms with van der Waals surface area (Å²) in [4.78, 5) is 0. The number of fused-ring (bicyclic) bond motifs is 1. The van der Waals surface area contributed by atoms with E-state index in [0.29, 0.717) is 13.2 Å². The van der Waals surface area contributed by atoms with Crippen molar-refractivity contribution in [2.75, 3.05) is 6.54 Å². The van der Waals surface area contributed by atoms with E-state index in [9.17, 15) is 0 Å². The van der Waals surface area contributed by atoms with Gasteiger partial charge >= 0.3 is 0 Å². The van der Waals surface area contributed by atoms with Crippen LogP contribution in [0, 0.1) is 0 Å². The van der Waals surface area contributed by atoms with Gasteiger partial charge in [0.15, 0.2) is 0 Å². The Kier molecular flexibility index (Phi) is 4.34. The van der Waals surface area contributed by atoms with Gasteiger partial charge < -0.3 is 10.1 Å². The first-order chi connectivity index (χ1) is 9.69. The summed E-state index contributed by atoms with van der Waals surface area (Å²) in [6, 6.07) is 8.51. The van der Waals surface area contributed by atoms with Gasteiger partial charge in [0.25, 0.3) is 0 Å². The lowest BCUT2D eigenvalue weighted by Gasteiger charge is -2.19. The Morgan fingerprint density at radius 3 is 2.75 bits per heavy atom. The second-order valence-corrected chi connectivity index (χ2v) is 7.08. The predicted octanol–water partition coefficient (Wildman–Crippen LogP) is 4.78. The third kappa shape index (κ3) is 2.74. The highest BCUT2D eigenvalue weighted by molar-refractivity contribution is 7.20. The van der Waals surface area contributed by atoms with Crippen LogP contribution in [0.15, 0.2) is 24.3 Å². The molecular weight excluding hydrogens is 313 g/mol. The van der Waals surface area contributed by atoms with E-state index in [1.54, 1.807) is 0 Å². The van der Waals surface area contributed by atoms with Crippen molar-refractivity contribution in [1.82, 2.24) is 5.32 Å². The molecule has 0 amide bonds. The van der Waals surface area contributed by atoms with Crippen molar-refractivity contribution in [2.24, 2.45) is 0 Å². The molecule has 1 unspecified atom stereocenters. The van der Waals surface area contributed by atoms with E-state index < -0.39 is 0 Å². The zero-order valence-electron chi connectivity index (χ0n) is 11.1. The maximum absolute atomic E-state index is 6.31. The highest BCUT2D eigenvalue weighted by Crippen LogP contribution is 2.38. The molecule has 1 N–H and O–H groups in total. The number of nitrogens with one attached hydrogen (secondary N) is 1. The van der Waals surface area contributed by atoms with E-state index >= 15 is 0 Å². The summed E-state index contributed by atoms with van der Waals surface area (Å²) in [6.07, 6.45) is 0. The Morgan fingerprint density at radius 1 is 1.25 bits per heavy atom. The Balaban J connectivity index is 2.00. The van der Waals surface area contributed by atoms with Gasteiger partial charge in [0.2, 0.25) is 0 Å². The fourth-order valence-electron chi connectivity index (χ4n) is 2.53. The molecule has 2 aromatic rings. The summed E-state index contributed by atoms with van der Waals surface area (Å²) in [5, 5.41) is 3.48. The first-order valence-corrected chi connectivity index (χ1v) is 8.14. The first kappa shape index (κ1) is 14.4. The lowest BCUT2D eigenvalue weighted by atomic mass is 9.97. The van der Waals surface area contributed by atoms with Gasteiger partial charge in [-0.15, -0.1) is 11.3 Å². The lowest BCUT2D eigenvalue weighted by molar-refractivity contribution is 0.134. The molecule has 2 nitrogen and oxygen atoms in total. The average Bonchev–Trinajstić information content (AvgIpc) is 3.01. The fourth-order valence-corrected chi connectivity index (χ4v) is 4.07. The van der Waals surface area contributed by atoms with E-state index in [-0.39, 0.29) is 6.04 Å². The maximum atomic E-state index is 6.31. The van der Waals surface area contributed by atoms with Gasteiger partial charge in [0, 0.05) is 5.56 Å². The zero-order valence-corrected chi connectivity index (χ0v) is 13.4. The first-order valence-electron chi connectivity index (χ1n) is 6.56. The van der Waals surface area contributed by atoms with Crippen LogP contribution in [-0.2, 0) is 18.0 Å². The second kappa shape index (κ2) is 6.04. The number of rotatable bonds is 4. The number of hydrogen-bond donors (Lipinski definition) is 1. The summed E-state index contributed by atoms with van der Waals surface area (Å²) in [5.41, 5.74) is 4.79. The molecule has 106 valence electrons. The van der Waals surface area contributed by atoms with E-state index in [1.165, 1.54) is 28.0 Å². The van der Waals surface area contributed by atoms with Crippen LogP contribution in [0.1, 0.15) is 35.2 Å². The van der Waals surface area contributed by atoms with Crippen molar-refractivity contribution in [2.45, 2.75) is 26.2 Å². The van der Waals surface area contributed by atoms with E-state index in [2.05, 4.69) is 30.4 Å². The molecule has 1 aromatic carbocycles. The summed E-state index contributed by atoms with van der Waals surface area (Å²) in [5.74, 6) is 0. The fraction of sp³-hybridized carbons (Fsp3) is 0.333. The molecule has 0 saturated carbocycles. The molecule has 5 heteroatoms. The van der Waals surface area contributed by atoms with Gasteiger partial charge in [0.05, 0.1) is 27.9 Å². The SMILES string of the molecule is CCNC(c1ccc2c(c1)COC2)c1cc(Cl)sc1Cl. The smallest absolute Gasteiger partial charge is 0.0995 e. The molecule has 3 rings (SSSR count). The third-order valence-corrected chi connectivity index (χ3v) is 5.00. The van der Waals surface area contributed by atoms with Crippen LogP contribution in [0.2, 0.25) is 8.67 Å². The molecule has 0 bridgehead atoms. The predicted molar refractivity (Wildman–Crippen MR) is 84.8 cm³/mol. The Bertz CT molecular complexity index is 626. The number of benzene rings is 1. The molecule has 1 aliphatic rings. The summed E-state index contributed by atoms with van der Waals surface area (Å²) < 4.78 is 6.95. The molecule has 0 saturated heterocycles. The minimum atomic E-state index is 0.0714. The van der Waals surface area contributed by atoms with Crippen LogP contribution in [0.3, 0.4) is 0 Å². The molecule has 1 atom stereocenters. The molecule has 0 fully saturated rings. The quantitative estimate of drug-likeness (QED) is 0.872. The molecule has 0 aliphatic carbocycles. The van der Waals surface area contributed by atoms with Crippen LogP contribution in [0.4, 0.5) is 0 Å². The zero-order chi connectivity index (χ0) is 14.1. The number of hydrogen-bond acceptors (Lipinski definition) is 3. The average molecular weight is 328 g/mol. The second-order valence-electron chi connectivity index (χ2n) is 4.79. The normalized spacial score (nSPS) is 15.3. The number of halogens is 2. The van der Waals surface area contributed by atoms with E-state index in [0.717, 1.165) is 20.8 Å². The van der Waals surface area contributed by atoms with Crippen molar-refractivity contribution >= 4 is 34.5 Å². The molecule has 20 heavy (non-hydrogen) atoms. The van der Waals surface area contributed by atoms with Crippen LogP contribution in [0.5, 0.6) is 0 Å². The lowest BCUT2D eigenvalue weighted by Crippen LogP contribution is -2.22. The molecule has 2 heterocycles.